The van der Waals surface area contributed by atoms with E-state index in [9.17, 15) is 17.6 Å². The van der Waals surface area contributed by atoms with E-state index < -0.39 is 10.0 Å². The van der Waals surface area contributed by atoms with Crippen molar-refractivity contribution < 1.29 is 22.3 Å². The number of amides is 1. The quantitative estimate of drug-likeness (QED) is 0.291. The summed E-state index contributed by atoms with van der Waals surface area (Å²) in [6.07, 6.45) is 0.496. The summed E-state index contributed by atoms with van der Waals surface area (Å²) in [5, 5.41) is 2.87. The molecule has 0 aromatic heterocycles. The maximum Gasteiger partial charge on any atom is 0.259 e. The van der Waals surface area contributed by atoms with Gasteiger partial charge in [0.15, 0.2) is 0 Å². The number of benzene rings is 4. The van der Waals surface area contributed by atoms with E-state index in [1.165, 1.54) is 12.1 Å². The Balaban J connectivity index is 1.36. The van der Waals surface area contributed by atoms with Gasteiger partial charge < -0.3 is 10.1 Å². The summed E-state index contributed by atoms with van der Waals surface area (Å²) in [7, 11) is -3.55. The number of aryl methyl sites for hydroxylation is 1. The van der Waals surface area contributed by atoms with E-state index in [0.29, 0.717) is 29.0 Å². The summed E-state index contributed by atoms with van der Waals surface area (Å²) in [5.74, 6) is -0.242. The summed E-state index contributed by atoms with van der Waals surface area (Å²) in [5.41, 5.74) is 3.34. The summed E-state index contributed by atoms with van der Waals surface area (Å²) in [6.45, 7) is 2.22. The van der Waals surface area contributed by atoms with Crippen LogP contribution in [0.4, 0.5) is 10.1 Å². The van der Waals surface area contributed by atoms with Gasteiger partial charge >= 0.3 is 0 Å². The van der Waals surface area contributed by atoms with Crippen LogP contribution in [0.2, 0.25) is 0 Å². The third-order valence-electron chi connectivity index (χ3n) is 5.70. The van der Waals surface area contributed by atoms with E-state index in [0.717, 1.165) is 11.1 Å². The van der Waals surface area contributed by atoms with E-state index in [1.54, 1.807) is 66.7 Å². The van der Waals surface area contributed by atoms with Gasteiger partial charge in [-0.3, -0.25) is 4.79 Å². The molecule has 0 aliphatic carbocycles. The van der Waals surface area contributed by atoms with Crippen molar-refractivity contribution in [1.29, 1.82) is 0 Å². The highest BCUT2D eigenvalue weighted by Crippen LogP contribution is 2.26. The molecule has 0 radical (unpaired) electrons. The second kappa shape index (κ2) is 11.8. The molecule has 0 unspecified atom stereocenters. The van der Waals surface area contributed by atoms with Crippen molar-refractivity contribution in [1.82, 2.24) is 4.72 Å². The fraction of sp³-hybridized carbons (Fsp3) is 0.138. The smallest absolute Gasteiger partial charge is 0.259 e. The van der Waals surface area contributed by atoms with E-state index in [-0.39, 0.29) is 29.8 Å². The van der Waals surface area contributed by atoms with Gasteiger partial charge in [0, 0.05) is 12.2 Å². The number of hydrogen-bond donors (Lipinski definition) is 2. The molecular weight excluding hydrogens is 491 g/mol. The van der Waals surface area contributed by atoms with Gasteiger partial charge in [0.25, 0.3) is 5.91 Å². The predicted molar refractivity (Wildman–Crippen MR) is 142 cm³/mol. The van der Waals surface area contributed by atoms with Crippen LogP contribution in [-0.2, 0) is 23.1 Å². The lowest BCUT2D eigenvalue weighted by Crippen LogP contribution is -2.25. The SMILES string of the molecule is Cc1cccc(C(=O)Nc2ccc(CCNS(=O)(=O)c3ccccc3)cc2)c1OCc1cccc(F)c1. The number of rotatable bonds is 10. The Morgan fingerprint density at radius 1 is 0.865 bits per heavy atom. The number of carbonyl (C=O) groups excluding carboxylic acids is 1. The molecule has 0 aliphatic rings. The normalized spacial score (nSPS) is 11.2. The molecule has 37 heavy (non-hydrogen) atoms. The minimum absolute atomic E-state index is 0.131. The molecule has 4 rings (SSSR count). The lowest BCUT2D eigenvalue weighted by atomic mass is 10.1. The largest absolute Gasteiger partial charge is 0.488 e. The highest BCUT2D eigenvalue weighted by molar-refractivity contribution is 7.89. The van der Waals surface area contributed by atoms with E-state index in [1.807, 2.05) is 25.1 Å². The Morgan fingerprint density at radius 3 is 2.32 bits per heavy atom. The van der Waals surface area contributed by atoms with Crippen LogP contribution in [-0.4, -0.2) is 20.9 Å². The Morgan fingerprint density at radius 2 is 1.59 bits per heavy atom. The molecular formula is C29H27FN2O4S. The van der Waals surface area contributed by atoms with Gasteiger partial charge in [0.2, 0.25) is 10.0 Å². The van der Waals surface area contributed by atoms with Gasteiger partial charge in [-0.15, -0.1) is 0 Å². The van der Waals surface area contributed by atoms with Crippen LogP contribution in [0, 0.1) is 12.7 Å². The fourth-order valence-corrected chi connectivity index (χ4v) is 4.82. The molecule has 190 valence electrons. The average molecular weight is 519 g/mol. The van der Waals surface area contributed by atoms with E-state index >= 15 is 0 Å². The summed E-state index contributed by atoms with van der Waals surface area (Å²) < 4.78 is 46.7. The van der Waals surface area contributed by atoms with Crippen LogP contribution in [0.3, 0.4) is 0 Å². The molecule has 4 aromatic carbocycles. The molecule has 0 aliphatic heterocycles. The number of halogens is 1. The Kier molecular flexibility index (Phi) is 8.32. The second-order valence-corrected chi connectivity index (χ2v) is 10.2. The number of para-hydroxylation sites is 1. The van der Waals surface area contributed by atoms with Crippen LogP contribution in [0.5, 0.6) is 5.75 Å². The molecule has 2 N–H and O–H groups in total. The Labute approximate surface area is 216 Å². The minimum Gasteiger partial charge on any atom is -0.488 e. The third kappa shape index (κ3) is 7.03. The zero-order valence-corrected chi connectivity index (χ0v) is 21.1. The highest BCUT2D eigenvalue weighted by atomic mass is 32.2. The number of sulfonamides is 1. The summed E-state index contributed by atoms with van der Waals surface area (Å²) in [6, 6.07) is 26.9. The highest BCUT2D eigenvalue weighted by Gasteiger charge is 2.16. The summed E-state index contributed by atoms with van der Waals surface area (Å²) >= 11 is 0. The first-order chi connectivity index (χ1) is 17.8. The van der Waals surface area contributed by atoms with Crippen LogP contribution in [0.15, 0.2) is 102 Å². The monoisotopic (exact) mass is 518 g/mol. The molecule has 0 heterocycles. The van der Waals surface area contributed by atoms with Gasteiger partial charge in [-0.05, 0) is 72.5 Å². The van der Waals surface area contributed by atoms with Crippen molar-refractivity contribution in [3.63, 3.8) is 0 Å². The molecule has 0 spiro atoms. The lowest BCUT2D eigenvalue weighted by Gasteiger charge is -2.14. The van der Waals surface area contributed by atoms with Crippen molar-refractivity contribution >= 4 is 21.6 Å². The number of carbonyl (C=O) groups is 1. The van der Waals surface area contributed by atoms with Crippen molar-refractivity contribution in [3.8, 4) is 5.75 Å². The van der Waals surface area contributed by atoms with Crippen molar-refractivity contribution in [2.24, 2.45) is 0 Å². The topological polar surface area (TPSA) is 84.5 Å². The molecule has 0 atom stereocenters. The molecule has 0 bridgehead atoms. The Hall–Kier alpha value is -4.01. The van der Waals surface area contributed by atoms with Crippen LogP contribution >= 0.6 is 0 Å². The van der Waals surface area contributed by atoms with Crippen molar-refractivity contribution in [3.05, 3.63) is 125 Å². The van der Waals surface area contributed by atoms with Crippen LogP contribution < -0.4 is 14.8 Å². The van der Waals surface area contributed by atoms with Crippen LogP contribution in [0.25, 0.3) is 0 Å². The fourth-order valence-electron chi connectivity index (χ4n) is 3.77. The van der Waals surface area contributed by atoms with E-state index in [2.05, 4.69) is 10.0 Å². The molecule has 6 nitrogen and oxygen atoms in total. The van der Waals surface area contributed by atoms with Gasteiger partial charge in [-0.1, -0.05) is 54.6 Å². The van der Waals surface area contributed by atoms with Gasteiger partial charge in [-0.2, -0.15) is 0 Å². The molecule has 0 saturated heterocycles. The maximum absolute atomic E-state index is 13.5. The average Bonchev–Trinajstić information content (AvgIpc) is 2.89. The first kappa shape index (κ1) is 26.1. The van der Waals surface area contributed by atoms with Gasteiger partial charge in [0.1, 0.15) is 18.2 Å². The zero-order valence-electron chi connectivity index (χ0n) is 20.3. The number of anilines is 1. The first-order valence-corrected chi connectivity index (χ1v) is 13.2. The molecule has 0 fully saturated rings. The molecule has 1 amide bonds. The number of hydrogen-bond acceptors (Lipinski definition) is 4. The number of ether oxygens (including phenoxy) is 1. The van der Waals surface area contributed by atoms with Gasteiger partial charge in [-0.25, -0.2) is 17.5 Å². The zero-order chi connectivity index (χ0) is 26.3. The summed E-state index contributed by atoms with van der Waals surface area (Å²) in [4.78, 5) is 13.3. The molecule has 4 aromatic rings. The number of nitrogens with one attached hydrogen (secondary N) is 2. The molecule has 0 saturated carbocycles. The molecule has 8 heteroatoms. The third-order valence-corrected chi connectivity index (χ3v) is 7.18. The van der Waals surface area contributed by atoms with Crippen LogP contribution in [0.1, 0.15) is 27.0 Å². The predicted octanol–water partition coefficient (Wildman–Crippen LogP) is 5.49. The second-order valence-electron chi connectivity index (χ2n) is 8.48. The van der Waals surface area contributed by atoms with E-state index in [4.69, 9.17) is 4.74 Å². The first-order valence-electron chi connectivity index (χ1n) is 11.7. The lowest BCUT2D eigenvalue weighted by molar-refractivity contribution is 0.102. The Bertz CT molecular complexity index is 1470. The van der Waals surface area contributed by atoms with Gasteiger partial charge in [0.05, 0.1) is 10.5 Å². The maximum atomic E-state index is 13.5. The minimum atomic E-state index is -3.55. The standard InChI is InChI=1S/C29H27FN2O4S/c1-21-7-5-12-27(28(21)36-20-23-8-6-9-24(30)19-23)29(33)32-25-15-13-22(14-16-25)17-18-31-37(34,35)26-10-3-2-4-11-26/h2-16,19,31H,17-18,20H2,1H3,(H,32,33). The van der Waals surface area contributed by atoms with Crippen molar-refractivity contribution in [2.45, 2.75) is 24.8 Å². The van der Waals surface area contributed by atoms with Crippen molar-refractivity contribution in [2.75, 3.05) is 11.9 Å².